The summed E-state index contributed by atoms with van der Waals surface area (Å²) in [5.41, 5.74) is 1.21. The number of benzene rings is 1. The summed E-state index contributed by atoms with van der Waals surface area (Å²) in [6, 6.07) is 4.74. The van der Waals surface area contributed by atoms with Gasteiger partial charge in [-0.2, -0.15) is 0 Å². The number of carbonyl (C=O) groups excluding carboxylic acids is 1. The molecule has 0 aliphatic rings. The highest BCUT2D eigenvalue weighted by Gasteiger charge is 2.35. The van der Waals surface area contributed by atoms with Crippen molar-refractivity contribution in [3.05, 3.63) is 29.3 Å². The Kier molecular flexibility index (Phi) is 10.7. The molecule has 0 aliphatic carbocycles. The smallest absolute Gasteiger partial charge is 0.282 e. The Hall–Kier alpha value is -1.10. The van der Waals surface area contributed by atoms with Crippen LogP contribution in [0.4, 0.5) is 14.5 Å². The van der Waals surface area contributed by atoms with Gasteiger partial charge in [0.25, 0.3) is 5.92 Å². The first-order valence-electron chi connectivity index (χ1n) is 10.9. The summed E-state index contributed by atoms with van der Waals surface area (Å²) in [6.07, 6.45) is 9.65. The van der Waals surface area contributed by atoms with Crippen LogP contribution in [-0.4, -0.2) is 23.5 Å². The molecule has 0 N–H and O–H groups in total. The van der Waals surface area contributed by atoms with Crippen LogP contribution in [0, 0.1) is 6.92 Å². The number of unbranched alkanes of at least 4 members (excludes halogenated alkanes) is 6. The number of carbonyl (C=O) groups is 1. The maximum atomic E-state index is 14.9. The average molecular weight is 428 g/mol. The molecular formula is C24H39F2NOS. The summed E-state index contributed by atoms with van der Waals surface area (Å²) >= 11 is 1.36. The Morgan fingerprint density at radius 1 is 1.07 bits per heavy atom. The molecule has 29 heavy (non-hydrogen) atoms. The molecule has 0 spiro atoms. The Bertz CT molecular complexity index is 646. The van der Waals surface area contributed by atoms with Crippen molar-refractivity contribution in [2.45, 2.75) is 96.7 Å². The lowest BCUT2D eigenvalue weighted by Crippen LogP contribution is -2.25. The zero-order chi connectivity index (χ0) is 22.1. The van der Waals surface area contributed by atoms with Gasteiger partial charge >= 0.3 is 0 Å². The molecule has 1 amide bonds. The Balaban J connectivity index is 2.57. The monoisotopic (exact) mass is 427 g/mol. The number of aryl methyl sites for hydroxylation is 1. The summed E-state index contributed by atoms with van der Waals surface area (Å²) in [5, 5.41) is 0. The normalized spacial score (nSPS) is 12.3. The quantitative estimate of drug-likeness (QED) is 0.300. The Morgan fingerprint density at radius 2 is 1.66 bits per heavy atom. The van der Waals surface area contributed by atoms with Crippen molar-refractivity contribution < 1.29 is 13.6 Å². The fraction of sp³-hybridized carbons (Fsp3) is 0.708. The van der Waals surface area contributed by atoms with Gasteiger partial charge in [0.2, 0.25) is 5.91 Å². The summed E-state index contributed by atoms with van der Waals surface area (Å²) in [7, 11) is 1.65. The maximum Gasteiger partial charge on any atom is 0.282 e. The molecule has 0 aromatic heterocycles. The third-order valence-corrected chi connectivity index (χ3v) is 6.98. The second-order valence-corrected chi connectivity index (χ2v) is 10.4. The lowest BCUT2D eigenvalue weighted by atomic mass is 10.0. The van der Waals surface area contributed by atoms with Crippen LogP contribution >= 0.6 is 11.8 Å². The molecule has 1 rings (SSSR count). The van der Waals surface area contributed by atoms with Crippen LogP contribution in [0.3, 0.4) is 0 Å². The molecule has 0 bridgehead atoms. The van der Waals surface area contributed by atoms with Gasteiger partial charge in [-0.25, -0.2) is 8.78 Å². The SMILES string of the molecule is CCCCCCCCCC(C)(C)SCC(F)(F)c1ccc(N(C)C(C)=O)cc1C. The van der Waals surface area contributed by atoms with Crippen molar-refractivity contribution >= 4 is 23.4 Å². The molecule has 0 saturated carbocycles. The number of thioether (sulfide) groups is 1. The minimum atomic E-state index is -2.89. The van der Waals surface area contributed by atoms with E-state index in [1.54, 1.807) is 26.1 Å². The van der Waals surface area contributed by atoms with Gasteiger partial charge < -0.3 is 4.90 Å². The summed E-state index contributed by atoms with van der Waals surface area (Å²) in [5.74, 6) is -3.23. The molecule has 1 aromatic carbocycles. The summed E-state index contributed by atoms with van der Waals surface area (Å²) < 4.78 is 29.6. The van der Waals surface area contributed by atoms with E-state index in [0.717, 1.165) is 12.8 Å². The van der Waals surface area contributed by atoms with Crippen molar-refractivity contribution in [1.29, 1.82) is 0 Å². The van der Waals surface area contributed by atoms with E-state index in [9.17, 15) is 13.6 Å². The van der Waals surface area contributed by atoms with Gasteiger partial charge in [-0.05, 0) is 31.0 Å². The van der Waals surface area contributed by atoms with Crippen LogP contribution < -0.4 is 4.90 Å². The number of rotatable bonds is 13. The van der Waals surface area contributed by atoms with E-state index in [4.69, 9.17) is 0 Å². The topological polar surface area (TPSA) is 20.3 Å². The minimum absolute atomic E-state index is 0.0532. The van der Waals surface area contributed by atoms with Crippen LogP contribution in [0.1, 0.15) is 90.2 Å². The van der Waals surface area contributed by atoms with Crippen LogP contribution in [-0.2, 0) is 10.7 Å². The first-order valence-corrected chi connectivity index (χ1v) is 11.9. The maximum absolute atomic E-state index is 14.9. The number of nitrogens with zero attached hydrogens (tertiary/aromatic N) is 1. The Labute approximate surface area is 180 Å². The Morgan fingerprint density at radius 3 is 2.21 bits per heavy atom. The number of amides is 1. The standard InChI is InChI=1S/C24H39F2NOS/c1-7-8-9-10-11-12-13-16-23(4,5)29-18-24(25,26)22-15-14-21(17-19(22)2)27(6)20(3)28/h14-15,17H,7-13,16,18H2,1-6H3. The number of hydrogen-bond acceptors (Lipinski definition) is 2. The van der Waals surface area contributed by atoms with Gasteiger partial charge in [-0.3, -0.25) is 4.79 Å². The van der Waals surface area contributed by atoms with Crippen LogP contribution in [0.25, 0.3) is 0 Å². The highest BCUT2D eigenvalue weighted by Crippen LogP contribution is 2.40. The molecule has 0 saturated heterocycles. The molecule has 0 unspecified atom stereocenters. The molecule has 5 heteroatoms. The fourth-order valence-electron chi connectivity index (χ4n) is 3.39. The lowest BCUT2D eigenvalue weighted by Gasteiger charge is -2.28. The third-order valence-electron chi connectivity index (χ3n) is 5.49. The fourth-order valence-corrected chi connectivity index (χ4v) is 4.41. The highest BCUT2D eigenvalue weighted by atomic mass is 32.2. The van der Waals surface area contributed by atoms with E-state index in [1.807, 2.05) is 0 Å². The van der Waals surface area contributed by atoms with Gasteiger partial charge in [0, 0.05) is 30.0 Å². The number of halogens is 2. The van der Waals surface area contributed by atoms with Crippen LogP contribution in [0.2, 0.25) is 0 Å². The zero-order valence-electron chi connectivity index (χ0n) is 19.1. The molecule has 0 fully saturated rings. The van der Waals surface area contributed by atoms with E-state index < -0.39 is 5.92 Å². The minimum Gasteiger partial charge on any atom is -0.316 e. The average Bonchev–Trinajstić information content (AvgIpc) is 2.65. The number of anilines is 1. The van der Waals surface area contributed by atoms with Gasteiger partial charge in [0.05, 0.1) is 5.75 Å². The van der Waals surface area contributed by atoms with Crippen molar-refractivity contribution in [2.75, 3.05) is 17.7 Å². The lowest BCUT2D eigenvalue weighted by molar-refractivity contribution is -0.116. The molecule has 0 radical (unpaired) electrons. The molecule has 2 nitrogen and oxygen atoms in total. The predicted octanol–water partition coefficient (Wildman–Crippen LogP) is 7.72. The predicted molar refractivity (Wildman–Crippen MR) is 123 cm³/mol. The number of alkyl halides is 2. The largest absolute Gasteiger partial charge is 0.316 e. The summed E-state index contributed by atoms with van der Waals surface area (Å²) in [4.78, 5) is 13.0. The first kappa shape index (κ1) is 25.9. The molecule has 0 heterocycles. The first-order chi connectivity index (χ1) is 13.5. The van der Waals surface area contributed by atoms with Gasteiger partial charge in [0.1, 0.15) is 0 Å². The highest BCUT2D eigenvalue weighted by molar-refractivity contribution is 8.00. The van der Waals surface area contributed by atoms with Crippen molar-refractivity contribution in [3.8, 4) is 0 Å². The molecular weight excluding hydrogens is 388 g/mol. The zero-order valence-corrected chi connectivity index (χ0v) is 19.9. The van der Waals surface area contributed by atoms with Gasteiger partial charge in [-0.15, -0.1) is 11.8 Å². The third kappa shape index (κ3) is 9.06. The number of hydrogen-bond donors (Lipinski definition) is 0. The molecule has 166 valence electrons. The summed E-state index contributed by atoms with van der Waals surface area (Å²) in [6.45, 7) is 9.51. The van der Waals surface area contributed by atoms with Crippen molar-refractivity contribution in [1.82, 2.24) is 0 Å². The second-order valence-electron chi connectivity index (χ2n) is 8.70. The van der Waals surface area contributed by atoms with Crippen LogP contribution in [0.5, 0.6) is 0 Å². The molecule has 0 aliphatic heterocycles. The van der Waals surface area contributed by atoms with Crippen LogP contribution in [0.15, 0.2) is 18.2 Å². The van der Waals surface area contributed by atoms with Gasteiger partial charge in [0.15, 0.2) is 0 Å². The molecule has 0 atom stereocenters. The van der Waals surface area contributed by atoms with Crippen molar-refractivity contribution in [3.63, 3.8) is 0 Å². The van der Waals surface area contributed by atoms with E-state index in [0.29, 0.717) is 11.3 Å². The van der Waals surface area contributed by atoms with E-state index in [2.05, 4.69) is 20.8 Å². The van der Waals surface area contributed by atoms with Crippen molar-refractivity contribution in [2.24, 2.45) is 0 Å². The van der Waals surface area contributed by atoms with E-state index in [1.165, 1.54) is 68.2 Å². The van der Waals surface area contributed by atoms with E-state index in [-0.39, 0.29) is 22.0 Å². The second kappa shape index (κ2) is 11.9. The molecule has 1 aromatic rings. The van der Waals surface area contributed by atoms with Gasteiger partial charge in [-0.1, -0.05) is 71.8 Å². The van der Waals surface area contributed by atoms with E-state index >= 15 is 0 Å².